The largest absolute Gasteiger partial charge is 0.416 e. The zero-order valence-electron chi connectivity index (χ0n) is 27.1. The zero-order valence-corrected chi connectivity index (χ0v) is 27.9. The summed E-state index contributed by atoms with van der Waals surface area (Å²) in [4.78, 5) is 14.1. The lowest BCUT2D eigenvalue weighted by Gasteiger charge is -2.45. The Hall–Kier alpha value is -2.57. The first-order valence-electron chi connectivity index (χ1n) is 15.8. The molecule has 1 fully saturated rings. The van der Waals surface area contributed by atoms with E-state index in [1.54, 1.807) is 12.1 Å². The number of benzene rings is 2. The summed E-state index contributed by atoms with van der Waals surface area (Å²) in [5.41, 5.74) is -0.781. The van der Waals surface area contributed by atoms with Crippen molar-refractivity contribution < 1.29 is 41.3 Å². The molecule has 4 atom stereocenters. The number of sulfonamides is 1. The second-order valence-corrected chi connectivity index (χ2v) is 15.3. The van der Waals surface area contributed by atoms with Gasteiger partial charge in [0.25, 0.3) is 0 Å². The first-order valence-corrected chi connectivity index (χ1v) is 17.7. The summed E-state index contributed by atoms with van der Waals surface area (Å²) >= 11 is 0. The van der Waals surface area contributed by atoms with Crippen LogP contribution in [0.5, 0.6) is 0 Å². The number of ether oxygens (including phenoxy) is 1. The third-order valence-corrected chi connectivity index (χ3v) is 11.3. The molecule has 2 aromatic rings. The summed E-state index contributed by atoms with van der Waals surface area (Å²) in [6.45, 7) is 4.33. The van der Waals surface area contributed by atoms with Crippen LogP contribution < -0.4 is 0 Å². The van der Waals surface area contributed by atoms with E-state index in [0.29, 0.717) is 56.3 Å². The molecule has 3 aliphatic rings. The highest BCUT2D eigenvalue weighted by Crippen LogP contribution is 2.59. The summed E-state index contributed by atoms with van der Waals surface area (Å²) in [6.07, 6.45) is 1.54. The van der Waals surface area contributed by atoms with Gasteiger partial charge in [-0.2, -0.15) is 17.5 Å². The molecular formula is C35H46F3NO6S. The number of methoxy groups -OCH3 is 1. The van der Waals surface area contributed by atoms with E-state index in [4.69, 9.17) is 4.74 Å². The molecule has 4 unspecified atom stereocenters. The predicted molar refractivity (Wildman–Crippen MR) is 171 cm³/mol. The van der Waals surface area contributed by atoms with Crippen LogP contribution in [0.3, 0.4) is 0 Å². The molecule has 0 amide bonds. The lowest BCUT2D eigenvalue weighted by atomic mass is 9.64. The number of carbonyl (C=O) groups excluding carboxylic acids is 1. The van der Waals surface area contributed by atoms with Crippen LogP contribution in [0.15, 0.2) is 54.1 Å². The van der Waals surface area contributed by atoms with Crippen molar-refractivity contribution >= 4 is 15.8 Å². The van der Waals surface area contributed by atoms with Crippen LogP contribution in [-0.4, -0.2) is 73.5 Å². The number of ketones is 1. The predicted octanol–water partition coefficient (Wildman–Crippen LogP) is 6.27. The minimum Gasteiger partial charge on any atom is -0.393 e. The highest BCUT2D eigenvalue weighted by atomic mass is 32.2. The van der Waals surface area contributed by atoms with Crippen molar-refractivity contribution in [3.63, 3.8) is 0 Å². The quantitative estimate of drug-likeness (QED) is 0.186. The Morgan fingerprint density at radius 2 is 1.87 bits per heavy atom. The number of allylic oxidation sites excluding steroid dienone is 2. The molecule has 11 heteroatoms. The van der Waals surface area contributed by atoms with E-state index in [1.165, 1.54) is 23.5 Å². The normalized spacial score (nSPS) is 26.1. The van der Waals surface area contributed by atoms with E-state index >= 15 is 0 Å². The van der Waals surface area contributed by atoms with Crippen molar-refractivity contribution in [1.82, 2.24) is 4.31 Å². The minimum absolute atomic E-state index is 0.107. The summed E-state index contributed by atoms with van der Waals surface area (Å²) in [6, 6.07) is 9.66. The maximum absolute atomic E-state index is 14.1. The molecular weight excluding hydrogens is 619 g/mol. The van der Waals surface area contributed by atoms with E-state index in [1.807, 2.05) is 19.9 Å². The number of carbonyl (C=O) groups is 1. The number of hydrogen-bond donors (Lipinski definition) is 2. The van der Waals surface area contributed by atoms with Crippen LogP contribution in [0, 0.1) is 5.41 Å². The van der Waals surface area contributed by atoms with Crippen molar-refractivity contribution in [3.8, 4) is 0 Å². The standard InChI is InChI=1S/C35H46F3NO6S/c1-24-8-6-16-33(2)31(15-17-34(33,42)23-39(46(4,43)44)18-7-19-45-3)29-14-12-25(20-28(40)13-11-24)21-30(29)32(41)26-9-5-10-27(22-26)35(36,37)38/h5,8-10,12,14,21-22,28,31,40,42H,6-7,11,13,15-20,23H2,1-4H3. The topological polar surface area (TPSA) is 104 Å². The number of halogens is 3. The first kappa shape index (κ1) is 36.3. The summed E-state index contributed by atoms with van der Waals surface area (Å²) in [5.74, 6) is -0.978. The Morgan fingerprint density at radius 1 is 1.13 bits per heavy atom. The lowest BCUT2D eigenvalue weighted by molar-refractivity contribution is -0.137. The molecule has 0 aliphatic heterocycles. The average molecular weight is 666 g/mol. The van der Waals surface area contributed by atoms with Gasteiger partial charge in [0.15, 0.2) is 5.78 Å². The molecule has 0 heterocycles. The molecule has 2 aromatic carbocycles. The maximum Gasteiger partial charge on any atom is 0.416 e. The van der Waals surface area contributed by atoms with Gasteiger partial charge in [0.2, 0.25) is 10.0 Å². The van der Waals surface area contributed by atoms with E-state index in [9.17, 15) is 36.6 Å². The van der Waals surface area contributed by atoms with Crippen LogP contribution in [0.4, 0.5) is 13.2 Å². The van der Waals surface area contributed by atoms with E-state index < -0.39 is 50.6 Å². The van der Waals surface area contributed by atoms with Crippen LogP contribution in [0.2, 0.25) is 0 Å². The molecule has 0 radical (unpaired) electrons. The maximum atomic E-state index is 14.1. The number of fused-ring (bicyclic) bond motifs is 8. The van der Waals surface area contributed by atoms with Gasteiger partial charge in [-0.1, -0.05) is 42.8 Å². The Kier molecular flexibility index (Phi) is 11.3. The van der Waals surface area contributed by atoms with Crippen LogP contribution in [-0.2, 0) is 27.4 Å². The monoisotopic (exact) mass is 665 g/mol. The average Bonchev–Trinajstić information content (AvgIpc) is 3.23. The van der Waals surface area contributed by atoms with Crippen molar-refractivity contribution in [2.75, 3.05) is 33.1 Å². The molecule has 7 nitrogen and oxygen atoms in total. The van der Waals surface area contributed by atoms with Gasteiger partial charge >= 0.3 is 6.18 Å². The van der Waals surface area contributed by atoms with Crippen molar-refractivity contribution in [2.24, 2.45) is 5.41 Å². The smallest absolute Gasteiger partial charge is 0.393 e. The number of aliphatic hydroxyl groups excluding tert-OH is 1. The van der Waals surface area contributed by atoms with Gasteiger partial charge in [0, 0.05) is 43.3 Å². The van der Waals surface area contributed by atoms with Gasteiger partial charge < -0.3 is 14.9 Å². The van der Waals surface area contributed by atoms with E-state index in [0.717, 1.165) is 24.0 Å². The van der Waals surface area contributed by atoms with Gasteiger partial charge in [-0.15, -0.1) is 0 Å². The molecule has 0 aromatic heterocycles. The second-order valence-electron chi connectivity index (χ2n) is 13.3. The zero-order chi connectivity index (χ0) is 33.9. The van der Waals surface area contributed by atoms with Crippen molar-refractivity contribution in [3.05, 3.63) is 81.9 Å². The third-order valence-electron chi connectivity index (χ3n) is 10.0. The summed E-state index contributed by atoms with van der Waals surface area (Å²) in [5, 5.41) is 23.3. The van der Waals surface area contributed by atoms with Crippen LogP contribution in [0.25, 0.3) is 0 Å². The molecule has 0 saturated heterocycles. The highest BCUT2D eigenvalue weighted by Gasteiger charge is 2.57. The molecule has 1 saturated carbocycles. The van der Waals surface area contributed by atoms with Gasteiger partial charge in [0.05, 0.1) is 23.5 Å². The minimum atomic E-state index is -4.63. The van der Waals surface area contributed by atoms with Crippen LogP contribution >= 0.6 is 0 Å². The summed E-state index contributed by atoms with van der Waals surface area (Å²) < 4.78 is 73.0. The Balaban J connectivity index is 1.85. The van der Waals surface area contributed by atoms with Crippen molar-refractivity contribution in [2.45, 2.75) is 89.0 Å². The Bertz CT molecular complexity index is 1540. The molecule has 3 aliphatic carbocycles. The van der Waals surface area contributed by atoms with Gasteiger partial charge in [-0.25, -0.2) is 8.42 Å². The third kappa shape index (κ3) is 8.10. The molecule has 2 bridgehead atoms. The number of aliphatic hydroxyl groups is 2. The fourth-order valence-electron chi connectivity index (χ4n) is 7.23. The molecule has 0 spiro atoms. The van der Waals surface area contributed by atoms with Gasteiger partial charge in [-0.3, -0.25) is 4.79 Å². The van der Waals surface area contributed by atoms with E-state index in [2.05, 4.69) is 6.08 Å². The van der Waals surface area contributed by atoms with E-state index in [-0.39, 0.29) is 37.1 Å². The SMILES string of the molecule is COCCCN(CC1(O)CCC2c3ccc(cc3C(=O)c3cccc(C(F)(F)F)c3)CC(O)CCC(C)=CCCC21C)S(C)(=O)=O. The molecule has 46 heavy (non-hydrogen) atoms. The highest BCUT2D eigenvalue weighted by molar-refractivity contribution is 7.88. The van der Waals surface area contributed by atoms with Crippen molar-refractivity contribution in [1.29, 1.82) is 0 Å². The Morgan fingerprint density at radius 3 is 2.54 bits per heavy atom. The fourth-order valence-corrected chi connectivity index (χ4v) is 8.14. The molecule has 5 rings (SSSR count). The molecule has 254 valence electrons. The van der Waals surface area contributed by atoms with Gasteiger partial charge in [0.1, 0.15) is 0 Å². The number of alkyl halides is 3. The number of nitrogens with zero attached hydrogens (tertiary/aromatic N) is 1. The van der Waals surface area contributed by atoms with Crippen LogP contribution in [0.1, 0.15) is 97.3 Å². The number of hydrogen-bond acceptors (Lipinski definition) is 6. The number of rotatable bonds is 9. The Labute approximate surface area is 270 Å². The summed E-state index contributed by atoms with van der Waals surface area (Å²) in [7, 11) is -2.15. The first-order chi connectivity index (χ1) is 21.5. The fraction of sp³-hybridized carbons (Fsp3) is 0.571. The lowest BCUT2D eigenvalue weighted by Crippen LogP contribution is -2.53. The van der Waals surface area contributed by atoms with Gasteiger partial charge in [-0.05, 0) is 93.5 Å². The molecule has 2 N–H and O–H groups in total. The second kappa shape index (κ2) is 14.3.